The summed E-state index contributed by atoms with van der Waals surface area (Å²) in [7, 11) is 2.01. The molecule has 0 radical (unpaired) electrons. The van der Waals surface area contributed by atoms with Gasteiger partial charge in [-0.1, -0.05) is 27.7 Å². The third kappa shape index (κ3) is 3.48. The fourth-order valence-electron chi connectivity index (χ4n) is 2.53. The molecular formula is C15H27N3S. The number of thiazole rings is 1. The summed E-state index contributed by atoms with van der Waals surface area (Å²) in [5, 5.41) is 4.49. The Morgan fingerprint density at radius 1 is 1.32 bits per heavy atom. The summed E-state index contributed by atoms with van der Waals surface area (Å²) in [5.41, 5.74) is 1.78. The summed E-state index contributed by atoms with van der Waals surface area (Å²) < 4.78 is 0. The van der Waals surface area contributed by atoms with E-state index in [-0.39, 0.29) is 0 Å². The number of aromatic nitrogens is 1. The van der Waals surface area contributed by atoms with Crippen LogP contribution in [0.25, 0.3) is 0 Å². The van der Waals surface area contributed by atoms with Gasteiger partial charge in [-0.2, -0.15) is 0 Å². The van der Waals surface area contributed by atoms with E-state index in [1.54, 1.807) is 0 Å². The number of nitrogens with zero attached hydrogens (tertiary/aromatic N) is 2. The molecule has 0 aromatic carbocycles. The van der Waals surface area contributed by atoms with Gasteiger partial charge in [0, 0.05) is 24.5 Å². The van der Waals surface area contributed by atoms with E-state index in [9.17, 15) is 0 Å². The van der Waals surface area contributed by atoms with Crippen molar-refractivity contribution in [2.75, 3.05) is 25.0 Å². The minimum Gasteiger partial charge on any atom is -0.348 e. The third-order valence-electron chi connectivity index (χ3n) is 3.99. The molecule has 19 heavy (non-hydrogen) atoms. The summed E-state index contributed by atoms with van der Waals surface area (Å²) in [6, 6.07) is 0. The molecule has 0 atom stereocenters. The summed E-state index contributed by atoms with van der Waals surface area (Å²) >= 11 is 1.87. The van der Waals surface area contributed by atoms with Gasteiger partial charge in [0.2, 0.25) is 0 Å². The lowest BCUT2D eigenvalue weighted by atomic mass is 9.83. The van der Waals surface area contributed by atoms with Crippen LogP contribution in [0.5, 0.6) is 0 Å². The highest BCUT2D eigenvalue weighted by atomic mass is 32.1. The van der Waals surface area contributed by atoms with Crippen LogP contribution in [-0.4, -0.2) is 25.1 Å². The van der Waals surface area contributed by atoms with Crippen LogP contribution < -0.4 is 10.2 Å². The van der Waals surface area contributed by atoms with Gasteiger partial charge in [-0.05, 0) is 31.2 Å². The average molecular weight is 281 g/mol. The largest absolute Gasteiger partial charge is 0.348 e. The monoisotopic (exact) mass is 281 g/mol. The fourth-order valence-corrected chi connectivity index (χ4v) is 3.81. The second-order valence-corrected chi connectivity index (χ2v) is 7.70. The molecule has 1 aromatic rings. The molecule has 0 amide bonds. The molecular weight excluding hydrogens is 254 g/mol. The molecule has 0 unspecified atom stereocenters. The second kappa shape index (κ2) is 5.80. The maximum absolute atomic E-state index is 4.90. The van der Waals surface area contributed by atoms with Crippen molar-refractivity contribution in [1.82, 2.24) is 10.3 Å². The van der Waals surface area contributed by atoms with Crippen LogP contribution in [0.15, 0.2) is 0 Å². The number of rotatable bonds is 4. The normalized spacial score (nSPS) is 19.2. The molecule has 4 heteroatoms. The maximum Gasteiger partial charge on any atom is 0.185 e. The molecule has 108 valence electrons. The first-order valence-corrected chi connectivity index (χ1v) is 8.14. The molecule has 0 spiro atoms. The zero-order valence-corrected chi connectivity index (χ0v) is 13.7. The highest BCUT2D eigenvalue weighted by Crippen LogP contribution is 2.36. The minimum atomic E-state index is 0.502. The minimum absolute atomic E-state index is 0.502. The topological polar surface area (TPSA) is 28.2 Å². The van der Waals surface area contributed by atoms with E-state index in [0.717, 1.165) is 19.6 Å². The summed E-state index contributed by atoms with van der Waals surface area (Å²) in [6.45, 7) is 12.4. The van der Waals surface area contributed by atoms with Crippen molar-refractivity contribution >= 4 is 16.5 Å². The molecule has 1 saturated heterocycles. The molecule has 1 aliphatic heterocycles. The zero-order chi connectivity index (χ0) is 14.0. The van der Waals surface area contributed by atoms with E-state index in [2.05, 4.69) is 37.9 Å². The van der Waals surface area contributed by atoms with Gasteiger partial charge >= 0.3 is 0 Å². The Labute approximate surface area is 121 Å². The van der Waals surface area contributed by atoms with Gasteiger partial charge in [0.1, 0.15) is 0 Å². The molecule has 1 aliphatic rings. The predicted octanol–water partition coefficient (Wildman–Crippen LogP) is 3.61. The number of anilines is 1. The Hall–Kier alpha value is -0.610. The lowest BCUT2D eigenvalue weighted by Crippen LogP contribution is -2.37. The average Bonchev–Trinajstić information content (AvgIpc) is 2.73. The Balaban J connectivity index is 2.15. The SMILES string of the molecule is CNCc1sc(N2CCC(C)(C)CC2)nc1C(C)C. The maximum atomic E-state index is 4.90. The van der Waals surface area contributed by atoms with Crippen molar-refractivity contribution < 1.29 is 0 Å². The van der Waals surface area contributed by atoms with E-state index in [1.807, 2.05) is 18.4 Å². The highest BCUT2D eigenvalue weighted by Gasteiger charge is 2.27. The van der Waals surface area contributed by atoms with E-state index in [1.165, 1.54) is 28.5 Å². The van der Waals surface area contributed by atoms with Crippen LogP contribution >= 0.6 is 11.3 Å². The van der Waals surface area contributed by atoms with Crippen molar-refractivity contribution in [3.63, 3.8) is 0 Å². The third-order valence-corrected chi connectivity index (χ3v) is 5.12. The zero-order valence-electron chi connectivity index (χ0n) is 12.9. The van der Waals surface area contributed by atoms with Crippen LogP contribution in [0.3, 0.4) is 0 Å². The molecule has 0 saturated carbocycles. The molecule has 1 N–H and O–H groups in total. The second-order valence-electron chi connectivity index (χ2n) is 6.64. The van der Waals surface area contributed by atoms with Gasteiger partial charge in [-0.25, -0.2) is 4.98 Å². The summed E-state index contributed by atoms with van der Waals surface area (Å²) in [5.74, 6) is 0.509. The molecule has 1 fully saturated rings. The first-order valence-electron chi connectivity index (χ1n) is 7.32. The van der Waals surface area contributed by atoms with Crippen LogP contribution in [0.2, 0.25) is 0 Å². The Morgan fingerprint density at radius 2 is 1.95 bits per heavy atom. The number of nitrogens with one attached hydrogen (secondary N) is 1. The fraction of sp³-hybridized carbons (Fsp3) is 0.800. The van der Waals surface area contributed by atoms with Crippen molar-refractivity contribution in [3.05, 3.63) is 10.6 Å². The Morgan fingerprint density at radius 3 is 2.47 bits per heavy atom. The standard InChI is InChI=1S/C15H27N3S/c1-11(2)13-12(10-16-5)19-14(17-13)18-8-6-15(3,4)7-9-18/h11,16H,6-10H2,1-5H3. The number of hydrogen-bond donors (Lipinski definition) is 1. The molecule has 1 aromatic heterocycles. The van der Waals surface area contributed by atoms with Crippen molar-refractivity contribution in [3.8, 4) is 0 Å². The van der Waals surface area contributed by atoms with E-state index >= 15 is 0 Å². The molecule has 3 nitrogen and oxygen atoms in total. The van der Waals surface area contributed by atoms with E-state index < -0.39 is 0 Å². The lowest BCUT2D eigenvalue weighted by molar-refractivity contribution is 0.279. The molecule has 0 bridgehead atoms. The predicted molar refractivity (Wildman–Crippen MR) is 84.2 cm³/mol. The van der Waals surface area contributed by atoms with Gasteiger partial charge in [0.15, 0.2) is 5.13 Å². The number of piperidine rings is 1. The van der Waals surface area contributed by atoms with Gasteiger partial charge in [-0.15, -0.1) is 11.3 Å². The van der Waals surface area contributed by atoms with Crippen LogP contribution in [0, 0.1) is 5.41 Å². The highest BCUT2D eigenvalue weighted by molar-refractivity contribution is 7.15. The van der Waals surface area contributed by atoms with Crippen molar-refractivity contribution in [2.24, 2.45) is 5.41 Å². The summed E-state index contributed by atoms with van der Waals surface area (Å²) in [6.07, 6.45) is 2.54. The van der Waals surface area contributed by atoms with E-state index in [0.29, 0.717) is 11.3 Å². The van der Waals surface area contributed by atoms with Crippen LogP contribution in [-0.2, 0) is 6.54 Å². The quantitative estimate of drug-likeness (QED) is 0.914. The molecule has 0 aliphatic carbocycles. The summed E-state index contributed by atoms with van der Waals surface area (Å²) in [4.78, 5) is 8.78. The van der Waals surface area contributed by atoms with Gasteiger partial charge < -0.3 is 10.2 Å². The molecule has 2 rings (SSSR count). The van der Waals surface area contributed by atoms with Gasteiger partial charge in [-0.3, -0.25) is 0 Å². The first kappa shape index (κ1) is 14.8. The van der Waals surface area contributed by atoms with Crippen molar-refractivity contribution in [2.45, 2.75) is 53.0 Å². The van der Waals surface area contributed by atoms with Gasteiger partial charge in [0.25, 0.3) is 0 Å². The lowest BCUT2D eigenvalue weighted by Gasteiger charge is -2.36. The smallest absolute Gasteiger partial charge is 0.185 e. The van der Waals surface area contributed by atoms with Crippen LogP contribution in [0.4, 0.5) is 5.13 Å². The van der Waals surface area contributed by atoms with Gasteiger partial charge in [0.05, 0.1) is 5.69 Å². The van der Waals surface area contributed by atoms with Crippen molar-refractivity contribution in [1.29, 1.82) is 0 Å². The van der Waals surface area contributed by atoms with Crippen LogP contribution in [0.1, 0.15) is 57.0 Å². The first-order chi connectivity index (χ1) is 8.93. The number of hydrogen-bond acceptors (Lipinski definition) is 4. The molecule has 2 heterocycles. The van der Waals surface area contributed by atoms with E-state index in [4.69, 9.17) is 4.98 Å². The Bertz CT molecular complexity index is 413. The Kier molecular flexibility index (Phi) is 4.51.